The Labute approximate surface area is 185 Å². The smallest absolute Gasteiger partial charge is 0.200 e. The number of fused-ring (bicyclic) bond motifs is 5. The van der Waals surface area contributed by atoms with E-state index in [1.54, 1.807) is 0 Å². The zero-order valence-electron chi connectivity index (χ0n) is 17.0. The summed E-state index contributed by atoms with van der Waals surface area (Å²) in [4.78, 5) is 1.81. The third kappa shape index (κ3) is 2.95. The molecule has 0 aromatic heterocycles. The van der Waals surface area contributed by atoms with E-state index in [9.17, 15) is 22.0 Å². The minimum atomic E-state index is -2.19. The second kappa shape index (κ2) is 7.28. The molecule has 0 N–H and O–H groups in total. The first-order chi connectivity index (χ1) is 15.9. The van der Waals surface area contributed by atoms with Crippen LogP contribution < -0.4 is 5.01 Å². The molecule has 2 heterocycles. The fourth-order valence-corrected chi connectivity index (χ4v) is 4.85. The zero-order valence-corrected chi connectivity index (χ0v) is 17.0. The largest absolute Gasteiger partial charge is 0.367 e. The molecule has 9 heteroatoms. The predicted octanol–water partition coefficient (Wildman–Crippen LogP) is 5.14. The van der Waals surface area contributed by atoms with Gasteiger partial charge < -0.3 is 9.64 Å². The van der Waals surface area contributed by atoms with Crippen LogP contribution in [0.2, 0.25) is 0 Å². The molecule has 168 valence electrons. The first kappa shape index (κ1) is 20.2. The van der Waals surface area contributed by atoms with Crippen LogP contribution in [0.3, 0.4) is 0 Å². The summed E-state index contributed by atoms with van der Waals surface area (Å²) >= 11 is 0. The minimum absolute atomic E-state index is 0.0760. The lowest BCUT2D eigenvalue weighted by Crippen LogP contribution is -2.46. The Morgan fingerprint density at radius 2 is 1.52 bits per heavy atom. The summed E-state index contributed by atoms with van der Waals surface area (Å²) < 4.78 is 75.8. The molecule has 2 atom stereocenters. The second-order valence-corrected chi connectivity index (χ2v) is 8.22. The van der Waals surface area contributed by atoms with Crippen molar-refractivity contribution in [1.82, 2.24) is 4.90 Å². The van der Waals surface area contributed by atoms with Crippen LogP contribution in [0.5, 0.6) is 0 Å². The summed E-state index contributed by atoms with van der Waals surface area (Å²) in [5.41, 5.74) is 3.06. The molecule has 6 rings (SSSR count). The van der Waals surface area contributed by atoms with Gasteiger partial charge in [-0.3, -0.25) is 0 Å². The Hall–Kier alpha value is -3.46. The van der Waals surface area contributed by atoms with Crippen molar-refractivity contribution in [3.05, 3.63) is 88.7 Å². The van der Waals surface area contributed by atoms with Crippen molar-refractivity contribution in [2.24, 2.45) is 5.10 Å². The van der Waals surface area contributed by atoms with Gasteiger partial charge in [-0.1, -0.05) is 42.5 Å². The van der Waals surface area contributed by atoms with Crippen LogP contribution in [0.4, 0.5) is 27.6 Å². The third-order valence-electron chi connectivity index (χ3n) is 6.41. The lowest BCUT2D eigenvalue weighted by atomic mass is 9.98. The fourth-order valence-electron chi connectivity index (χ4n) is 4.85. The topological polar surface area (TPSA) is 28.1 Å². The van der Waals surface area contributed by atoms with E-state index in [4.69, 9.17) is 4.74 Å². The summed E-state index contributed by atoms with van der Waals surface area (Å²) in [5, 5.41) is 4.96. The van der Waals surface area contributed by atoms with E-state index in [1.165, 1.54) is 0 Å². The van der Waals surface area contributed by atoms with Gasteiger partial charge in [0.05, 0.1) is 12.1 Å². The summed E-state index contributed by atoms with van der Waals surface area (Å²) in [6, 6.07) is 15.7. The Morgan fingerprint density at radius 1 is 0.818 bits per heavy atom. The second-order valence-electron chi connectivity index (χ2n) is 8.22. The highest BCUT2D eigenvalue weighted by molar-refractivity contribution is 5.88. The molecule has 3 aromatic carbocycles. The van der Waals surface area contributed by atoms with E-state index in [0.29, 0.717) is 12.3 Å². The van der Waals surface area contributed by atoms with Gasteiger partial charge in [-0.25, -0.2) is 27.0 Å². The summed E-state index contributed by atoms with van der Waals surface area (Å²) in [6.45, 7) is -0.0835. The van der Waals surface area contributed by atoms with E-state index in [1.807, 2.05) is 47.4 Å². The molecule has 1 saturated heterocycles. The molecule has 0 spiro atoms. The molecule has 0 amide bonds. The Bertz CT molecular complexity index is 1280. The highest BCUT2D eigenvalue weighted by Crippen LogP contribution is 2.44. The molecule has 1 fully saturated rings. The molecule has 33 heavy (non-hydrogen) atoms. The average Bonchev–Trinajstić information content (AvgIpc) is 3.42. The van der Waals surface area contributed by atoms with E-state index < -0.39 is 34.8 Å². The molecular weight excluding hydrogens is 441 g/mol. The van der Waals surface area contributed by atoms with Gasteiger partial charge >= 0.3 is 0 Å². The number of anilines is 1. The monoisotopic (exact) mass is 457 g/mol. The maximum Gasteiger partial charge on any atom is 0.200 e. The fraction of sp³-hybridized carbons (Fsp3) is 0.208. The molecule has 1 aliphatic carbocycles. The standard InChI is InChI=1S/C24H16F5N3O/c25-18-19(26)21(28)24(22(29)20(18)27)32-11-31-17(30-32)10-33-16-9-14-7-6-13(8-15(14)23(16)31)12-4-2-1-3-5-12/h1-8,16,23H,9-11H2/t16-,23+/m0/s1. The molecule has 3 aromatic rings. The molecule has 4 nitrogen and oxygen atoms in total. The van der Waals surface area contributed by atoms with E-state index >= 15 is 0 Å². The SMILES string of the molecule is Fc1c(F)c(F)c(N2CN3C(=N2)CO[C@H]2Cc4ccc(-c5ccccc5)cc4[C@H]23)c(F)c1F. The maximum atomic E-state index is 14.4. The van der Waals surface area contributed by atoms with Gasteiger partial charge in [-0.2, -0.15) is 5.10 Å². The lowest BCUT2D eigenvalue weighted by molar-refractivity contribution is 0.00536. The van der Waals surface area contributed by atoms with Gasteiger partial charge in [-0.05, 0) is 28.3 Å². The third-order valence-corrected chi connectivity index (χ3v) is 6.41. The van der Waals surface area contributed by atoms with Crippen molar-refractivity contribution in [2.45, 2.75) is 18.6 Å². The quantitative estimate of drug-likeness (QED) is 0.303. The van der Waals surface area contributed by atoms with Crippen LogP contribution in [0, 0.1) is 29.1 Å². The number of hydrogen-bond acceptors (Lipinski definition) is 4. The number of rotatable bonds is 2. The molecular formula is C24H16F5N3O. The Balaban J connectivity index is 1.38. The van der Waals surface area contributed by atoms with Crippen LogP contribution in [-0.2, 0) is 11.2 Å². The number of ether oxygens (including phenoxy) is 1. The first-order valence-corrected chi connectivity index (χ1v) is 10.4. The molecule has 0 unspecified atom stereocenters. The van der Waals surface area contributed by atoms with Crippen molar-refractivity contribution in [3.63, 3.8) is 0 Å². The normalized spacial score (nSPS) is 21.1. The summed E-state index contributed by atoms with van der Waals surface area (Å²) in [6.07, 6.45) is 0.447. The van der Waals surface area contributed by atoms with Crippen LogP contribution in [0.1, 0.15) is 17.2 Å². The molecule has 0 bridgehead atoms. The van der Waals surface area contributed by atoms with Gasteiger partial charge in [0.2, 0.25) is 5.82 Å². The maximum absolute atomic E-state index is 14.4. The predicted molar refractivity (Wildman–Crippen MR) is 111 cm³/mol. The van der Waals surface area contributed by atoms with Crippen molar-refractivity contribution >= 4 is 11.5 Å². The van der Waals surface area contributed by atoms with E-state index in [0.717, 1.165) is 27.3 Å². The van der Waals surface area contributed by atoms with Gasteiger partial charge in [0, 0.05) is 6.42 Å². The number of halogens is 5. The molecule has 2 aliphatic heterocycles. The minimum Gasteiger partial charge on any atom is -0.367 e. The average molecular weight is 457 g/mol. The van der Waals surface area contributed by atoms with Gasteiger partial charge in [0.25, 0.3) is 0 Å². The number of nitrogens with zero attached hydrogens (tertiary/aromatic N) is 3. The van der Waals surface area contributed by atoms with E-state index in [-0.39, 0.29) is 25.4 Å². The van der Waals surface area contributed by atoms with Crippen LogP contribution in [0.25, 0.3) is 11.1 Å². The lowest BCUT2D eigenvalue weighted by Gasteiger charge is -2.37. The van der Waals surface area contributed by atoms with Gasteiger partial charge in [0.15, 0.2) is 29.1 Å². The van der Waals surface area contributed by atoms with Crippen molar-refractivity contribution in [2.75, 3.05) is 18.3 Å². The van der Waals surface area contributed by atoms with Crippen molar-refractivity contribution < 1.29 is 26.7 Å². The van der Waals surface area contributed by atoms with Gasteiger partial charge in [-0.15, -0.1) is 0 Å². The highest BCUT2D eigenvalue weighted by Gasteiger charge is 2.46. The summed E-state index contributed by atoms with van der Waals surface area (Å²) in [5.74, 6) is -9.64. The number of hydrazone groups is 1. The molecule has 3 aliphatic rings. The number of hydrogen-bond donors (Lipinski definition) is 0. The number of amidine groups is 1. The van der Waals surface area contributed by atoms with E-state index in [2.05, 4.69) is 11.2 Å². The Kier molecular flexibility index (Phi) is 4.45. The Morgan fingerprint density at radius 3 is 2.24 bits per heavy atom. The van der Waals surface area contributed by atoms with Crippen LogP contribution in [0.15, 0.2) is 53.6 Å². The van der Waals surface area contributed by atoms with Crippen LogP contribution >= 0.6 is 0 Å². The van der Waals surface area contributed by atoms with Gasteiger partial charge in [0.1, 0.15) is 19.0 Å². The number of benzene rings is 3. The van der Waals surface area contributed by atoms with Crippen molar-refractivity contribution in [1.29, 1.82) is 0 Å². The summed E-state index contributed by atoms with van der Waals surface area (Å²) in [7, 11) is 0. The van der Waals surface area contributed by atoms with Crippen molar-refractivity contribution in [3.8, 4) is 11.1 Å². The highest BCUT2D eigenvalue weighted by atomic mass is 19.2. The zero-order chi connectivity index (χ0) is 22.9. The van der Waals surface area contributed by atoms with Crippen LogP contribution in [-0.4, -0.2) is 30.1 Å². The molecule has 0 radical (unpaired) electrons. The number of morpholine rings is 1. The molecule has 0 saturated carbocycles. The first-order valence-electron chi connectivity index (χ1n) is 10.4.